The molecule has 1 aromatic heterocycles. The second-order valence-corrected chi connectivity index (χ2v) is 6.96. The van der Waals surface area contributed by atoms with E-state index in [0.717, 1.165) is 25.9 Å². The number of rotatable bonds is 2. The summed E-state index contributed by atoms with van der Waals surface area (Å²) in [6, 6.07) is 0.109. The van der Waals surface area contributed by atoms with Gasteiger partial charge in [-0.05, 0) is 32.2 Å². The molecule has 0 saturated carbocycles. The molecule has 0 bridgehead atoms. The number of H-pyrrole nitrogens is 1. The van der Waals surface area contributed by atoms with Gasteiger partial charge >= 0.3 is 0 Å². The van der Waals surface area contributed by atoms with Crippen LogP contribution in [0, 0.1) is 12.8 Å². The molecule has 100 valence electrons. The third-order valence-electron chi connectivity index (χ3n) is 4.00. The molecule has 2 unspecified atom stereocenters. The van der Waals surface area contributed by atoms with E-state index in [1.165, 1.54) is 6.20 Å². The molecule has 2 saturated heterocycles. The highest BCUT2D eigenvalue weighted by Gasteiger charge is 2.42. The average molecular weight is 270 g/mol. The summed E-state index contributed by atoms with van der Waals surface area (Å²) in [5.41, 5.74) is 0.614. The molecule has 6 nitrogen and oxygen atoms in total. The maximum atomic E-state index is 12.6. The Labute approximate surface area is 107 Å². The zero-order chi connectivity index (χ0) is 12.8. The molecule has 0 spiro atoms. The van der Waals surface area contributed by atoms with Gasteiger partial charge in [-0.3, -0.25) is 5.10 Å². The number of hydrogen-bond acceptors (Lipinski definition) is 4. The lowest BCUT2D eigenvalue weighted by Gasteiger charge is -2.35. The molecule has 1 aromatic rings. The number of nitrogens with zero attached hydrogens (tertiary/aromatic N) is 2. The predicted octanol–water partition coefficient (Wildman–Crippen LogP) is 0.0906. The predicted molar refractivity (Wildman–Crippen MR) is 66.6 cm³/mol. The lowest BCUT2D eigenvalue weighted by atomic mass is 9.94. The van der Waals surface area contributed by atoms with Crippen molar-refractivity contribution in [3.63, 3.8) is 0 Å². The first-order valence-electron chi connectivity index (χ1n) is 6.33. The molecule has 0 radical (unpaired) electrons. The van der Waals surface area contributed by atoms with Crippen LogP contribution in [0.3, 0.4) is 0 Å². The highest BCUT2D eigenvalue weighted by atomic mass is 32.2. The molecule has 2 N–H and O–H groups in total. The quantitative estimate of drug-likeness (QED) is 0.798. The van der Waals surface area contributed by atoms with Crippen LogP contribution in [-0.2, 0) is 10.0 Å². The first-order chi connectivity index (χ1) is 8.60. The highest BCUT2D eigenvalue weighted by Crippen LogP contribution is 2.31. The molecule has 18 heavy (non-hydrogen) atoms. The fourth-order valence-corrected chi connectivity index (χ4v) is 4.89. The van der Waals surface area contributed by atoms with Crippen LogP contribution in [0.1, 0.15) is 18.5 Å². The Kier molecular flexibility index (Phi) is 2.91. The van der Waals surface area contributed by atoms with E-state index in [9.17, 15) is 8.42 Å². The Morgan fingerprint density at radius 3 is 3.00 bits per heavy atom. The van der Waals surface area contributed by atoms with Gasteiger partial charge in [-0.25, -0.2) is 8.42 Å². The summed E-state index contributed by atoms with van der Waals surface area (Å²) >= 11 is 0. The zero-order valence-corrected chi connectivity index (χ0v) is 11.2. The number of hydrogen-bond donors (Lipinski definition) is 2. The number of aryl methyl sites for hydroxylation is 1. The molecule has 2 aliphatic heterocycles. The number of piperidine rings is 1. The van der Waals surface area contributed by atoms with Crippen molar-refractivity contribution in [2.75, 3.05) is 19.6 Å². The minimum absolute atomic E-state index is 0.109. The Hall–Kier alpha value is -0.920. The monoisotopic (exact) mass is 270 g/mol. The van der Waals surface area contributed by atoms with E-state index in [2.05, 4.69) is 15.5 Å². The van der Waals surface area contributed by atoms with Crippen LogP contribution in [0.4, 0.5) is 0 Å². The highest BCUT2D eigenvalue weighted by molar-refractivity contribution is 7.89. The van der Waals surface area contributed by atoms with Crippen molar-refractivity contribution >= 4 is 10.0 Å². The van der Waals surface area contributed by atoms with E-state index in [4.69, 9.17) is 0 Å². The van der Waals surface area contributed by atoms with Gasteiger partial charge in [0.2, 0.25) is 10.0 Å². The van der Waals surface area contributed by atoms with Crippen molar-refractivity contribution in [3.8, 4) is 0 Å². The summed E-state index contributed by atoms with van der Waals surface area (Å²) in [4.78, 5) is 0.315. The fourth-order valence-electron chi connectivity index (χ4n) is 3.05. The third-order valence-corrected chi connectivity index (χ3v) is 6.04. The van der Waals surface area contributed by atoms with E-state index < -0.39 is 10.0 Å². The van der Waals surface area contributed by atoms with E-state index in [0.29, 0.717) is 23.1 Å². The summed E-state index contributed by atoms with van der Waals surface area (Å²) in [6.07, 6.45) is 3.48. The third kappa shape index (κ3) is 1.77. The summed E-state index contributed by atoms with van der Waals surface area (Å²) in [6.45, 7) is 4.06. The molecule has 2 atom stereocenters. The molecule has 0 aliphatic carbocycles. The van der Waals surface area contributed by atoms with Gasteiger partial charge in [0.1, 0.15) is 4.90 Å². The second kappa shape index (κ2) is 4.32. The van der Waals surface area contributed by atoms with Gasteiger partial charge in [-0.1, -0.05) is 0 Å². The number of fused-ring (bicyclic) bond motifs is 1. The Balaban J connectivity index is 1.96. The van der Waals surface area contributed by atoms with Gasteiger partial charge in [0.15, 0.2) is 0 Å². The molecule has 3 heterocycles. The Morgan fingerprint density at radius 1 is 1.44 bits per heavy atom. The molecule has 7 heteroatoms. The Bertz CT molecular complexity index is 539. The van der Waals surface area contributed by atoms with Crippen LogP contribution >= 0.6 is 0 Å². The minimum Gasteiger partial charge on any atom is -0.315 e. The maximum absolute atomic E-state index is 12.6. The van der Waals surface area contributed by atoms with Crippen molar-refractivity contribution in [2.24, 2.45) is 5.92 Å². The smallest absolute Gasteiger partial charge is 0.246 e. The van der Waals surface area contributed by atoms with Gasteiger partial charge in [0.25, 0.3) is 0 Å². The standard InChI is InChI=1S/C11H18N4O2S/c1-8-11(7-13-14-8)18(16,17)15-4-2-3-9-5-12-6-10(9)15/h7,9-10,12H,2-6H2,1H3,(H,13,14). The van der Waals surface area contributed by atoms with Crippen molar-refractivity contribution < 1.29 is 8.42 Å². The fraction of sp³-hybridized carbons (Fsp3) is 0.727. The van der Waals surface area contributed by atoms with E-state index in [1.54, 1.807) is 11.2 Å². The Morgan fingerprint density at radius 2 is 2.28 bits per heavy atom. The number of aromatic nitrogens is 2. The number of nitrogens with one attached hydrogen (secondary N) is 2. The first-order valence-corrected chi connectivity index (χ1v) is 7.77. The summed E-state index contributed by atoms with van der Waals surface area (Å²) in [7, 11) is -3.40. The normalized spacial score (nSPS) is 29.4. The van der Waals surface area contributed by atoms with E-state index >= 15 is 0 Å². The zero-order valence-electron chi connectivity index (χ0n) is 10.4. The van der Waals surface area contributed by atoms with Crippen LogP contribution in [0.25, 0.3) is 0 Å². The summed E-state index contributed by atoms with van der Waals surface area (Å²) < 4.78 is 27.0. The maximum Gasteiger partial charge on any atom is 0.246 e. The van der Waals surface area contributed by atoms with Crippen molar-refractivity contribution in [2.45, 2.75) is 30.7 Å². The molecule has 0 amide bonds. The minimum atomic E-state index is -3.40. The molecular weight excluding hydrogens is 252 g/mol. The van der Waals surface area contributed by atoms with Crippen molar-refractivity contribution in [1.82, 2.24) is 19.8 Å². The lowest BCUT2D eigenvalue weighted by Crippen LogP contribution is -2.48. The first kappa shape index (κ1) is 12.1. The molecule has 3 rings (SSSR count). The SMILES string of the molecule is Cc1[nH]ncc1S(=O)(=O)N1CCCC2CNCC21. The van der Waals surface area contributed by atoms with Crippen LogP contribution in [0.2, 0.25) is 0 Å². The molecule has 2 aliphatic rings. The van der Waals surface area contributed by atoms with Gasteiger partial charge < -0.3 is 5.32 Å². The van der Waals surface area contributed by atoms with Gasteiger partial charge in [-0.2, -0.15) is 9.40 Å². The van der Waals surface area contributed by atoms with Gasteiger partial charge in [0, 0.05) is 19.1 Å². The molecule has 0 aromatic carbocycles. The topological polar surface area (TPSA) is 78.1 Å². The molecular formula is C11H18N4O2S. The molecule has 2 fully saturated rings. The number of aromatic amines is 1. The van der Waals surface area contributed by atoms with Gasteiger partial charge in [-0.15, -0.1) is 0 Å². The van der Waals surface area contributed by atoms with Crippen molar-refractivity contribution in [3.05, 3.63) is 11.9 Å². The van der Waals surface area contributed by atoms with E-state index in [-0.39, 0.29) is 6.04 Å². The average Bonchev–Trinajstić information content (AvgIpc) is 2.96. The van der Waals surface area contributed by atoms with Crippen LogP contribution in [0.15, 0.2) is 11.1 Å². The summed E-state index contributed by atoms with van der Waals surface area (Å²) in [5.74, 6) is 0.459. The largest absolute Gasteiger partial charge is 0.315 e. The van der Waals surface area contributed by atoms with E-state index in [1.807, 2.05) is 0 Å². The van der Waals surface area contributed by atoms with Crippen molar-refractivity contribution in [1.29, 1.82) is 0 Å². The summed E-state index contributed by atoms with van der Waals surface area (Å²) in [5, 5.41) is 9.82. The van der Waals surface area contributed by atoms with Crippen LogP contribution < -0.4 is 5.32 Å². The van der Waals surface area contributed by atoms with Crippen LogP contribution in [-0.4, -0.2) is 48.6 Å². The lowest BCUT2D eigenvalue weighted by molar-refractivity contribution is 0.217. The van der Waals surface area contributed by atoms with Crippen LogP contribution in [0.5, 0.6) is 0 Å². The van der Waals surface area contributed by atoms with Gasteiger partial charge in [0.05, 0.1) is 11.9 Å². The number of sulfonamides is 1. The second-order valence-electron chi connectivity index (χ2n) is 5.10.